The van der Waals surface area contributed by atoms with Gasteiger partial charge in [0.1, 0.15) is 5.75 Å². The predicted octanol–water partition coefficient (Wildman–Crippen LogP) is 2.51. The summed E-state index contributed by atoms with van der Waals surface area (Å²) in [7, 11) is -3.74. The van der Waals surface area contributed by atoms with Crippen LogP contribution in [0.5, 0.6) is 0 Å². The molecule has 0 fully saturated rings. The van der Waals surface area contributed by atoms with E-state index in [9.17, 15) is 18.5 Å². The van der Waals surface area contributed by atoms with Gasteiger partial charge in [0.15, 0.2) is 9.84 Å². The average Bonchev–Trinajstić information content (AvgIpc) is 3.00. The fourth-order valence-corrected chi connectivity index (χ4v) is 5.74. The normalized spacial score (nSPS) is 20.7. The summed E-state index contributed by atoms with van der Waals surface area (Å²) in [5, 5.41) is 18.4. The zero-order valence-electron chi connectivity index (χ0n) is 14.2. The summed E-state index contributed by atoms with van der Waals surface area (Å²) in [5.74, 6) is -1.09. The van der Waals surface area contributed by atoms with Gasteiger partial charge >= 0.3 is 0 Å². The van der Waals surface area contributed by atoms with Crippen LogP contribution in [-0.2, 0) is 9.84 Å². The molecule has 7 nitrogen and oxygen atoms in total. The average molecular weight is 361 g/mol. The number of aromatic amines is 1. The number of hydrogen-bond acceptors (Lipinski definition) is 5. The Morgan fingerprint density at radius 3 is 2.36 bits per heavy atom. The van der Waals surface area contributed by atoms with Crippen LogP contribution in [-0.4, -0.2) is 35.3 Å². The summed E-state index contributed by atoms with van der Waals surface area (Å²) in [6.45, 7) is 5.18. The summed E-state index contributed by atoms with van der Waals surface area (Å²) in [6, 6.07) is 7.99. The molecule has 8 heteroatoms. The van der Waals surface area contributed by atoms with Crippen LogP contribution >= 0.6 is 0 Å². The predicted molar refractivity (Wildman–Crippen MR) is 93.6 cm³/mol. The number of nitrogens with zero attached hydrogens (tertiary/aromatic N) is 2. The molecule has 0 bridgehead atoms. The first-order valence-corrected chi connectivity index (χ1v) is 9.52. The number of sulfone groups is 1. The molecule has 2 aromatic rings. The first kappa shape index (κ1) is 17.3. The molecule has 132 valence electrons. The molecular formula is C17H19N3O4S. The van der Waals surface area contributed by atoms with Crippen LogP contribution < -0.4 is 0 Å². The summed E-state index contributed by atoms with van der Waals surface area (Å²) < 4.78 is 25.7. The van der Waals surface area contributed by atoms with Gasteiger partial charge < -0.3 is 0 Å². The zero-order chi connectivity index (χ0) is 18.4. The molecule has 2 heterocycles. The van der Waals surface area contributed by atoms with Crippen molar-refractivity contribution in [1.29, 1.82) is 0 Å². The minimum atomic E-state index is -3.74. The number of allylic oxidation sites excluding steroid dienone is 1. The molecule has 0 saturated heterocycles. The van der Waals surface area contributed by atoms with Gasteiger partial charge in [-0.15, -0.1) is 0 Å². The zero-order valence-corrected chi connectivity index (χ0v) is 15.0. The molecule has 25 heavy (non-hydrogen) atoms. The van der Waals surface area contributed by atoms with E-state index in [4.69, 9.17) is 0 Å². The fourth-order valence-electron chi connectivity index (χ4n) is 3.54. The van der Waals surface area contributed by atoms with Crippen molar-refractivity contribution < 1.29 is 13.3 Å². The molecule has 0 amide bonds. The van der Waals surface area contributed by atoms with Crippen LogP contribution in [0.4, 0.5) is 0 Å². The highest BCUT2D eigenvalue weighted by molar-refractivity contribution is 7.95. The van der Waals surface area contributed by atoms with E-state index in [-0.39, 0.29) is 4.91 Å². The van der Waals surface area contributed by atoms with E-state index in [0.29, 0.717) is 11.3 Å². The Balaban J connectivity index is 2.31. The molecule has 2 atom stereocenters. The SMILES string of the molecule is CC1=C(C(c2ccccc2)c2c(C)n[nH]c2C)S(=O)(=O)CC1[N+](=O)[O-]. The third-order valence-electron chi connectivity index (χ3n) is 4.72. The van der Waals surface area contributed by atoms with Crippen molar-refractivity contribution >= 4 is 9.84 Å². The largest absolute Gasteiger partial charge is 0.282 e. The molecule has 2 unspecified atom stereocenters. The lowest BCUT2D eigenvalue weighted by atomic mass is 9.87. The van der Waals surface area contributed by atoms with Crippen LogP contribution in [0.15, 0.2) is 40.8 Å². The molecular weight excluding hydrogens is 342 g/mol. The minimum absolute atomic E-state index is 0.132. The maximum Gasteiger partial charge on any atom is 0.249 e. The molecule has 1 aliphatic heterocycles. The van der Waals surface area contributed by atoms with Crippen LogP contribution in [0.3, 0.4) is 0 Å². The van der Waals surface area contributed by atoms with Crippen LogP contribution in [0.1, 0.15) is 35.4 Å². The monoisotopic (exact) mass is 361 g/mol. The fraction of sp³-hybridized carbons (Fsp3) is 0.353. The number of nitro groups is 1. The quantitative estimate of drug-likeness (QED) is 0.665. The number of benzene rings is 1. The first-order valence-electron chi connectivity index (χ1n) is 7.87. The van der Waals surface area contributed by atoms with Crippen molar-refractivity contribution in [1.82, 2.24) is 10.2 Å². The molecule has 1 aromatic carbocycles. The molecule has 0 radical (unpaired) electrons. The van der Waals surface area contributed by atoms with Crippen molar-refractivity contribution in [3.63, 3.8) is 0 Å². The summed E-state index contributed by atoms with van der Waals surface area (Å²) in [4.78, 5) is 10.9. The Bertz CT molecular complexity index is 942. The van der Waals surface area contributed by atoms with Crippen molar-refractivity contribution in [3.8, 4) is 0 Å². The van der Waals surface area contributed by atoms with Gasteiger partial charge in [0, 0.05) is 27.7 Å². The highest BCUT2D eigenvalue weighted by Crippen LogP contribution is 2.43. The van der Waals surface area contributed by atoms with Crippen molar-refractivity contribution in [2.45, 2.75) is 32.7 Å². The smallest absolute Gasteiger partial charge is 0.249 e. The van der Waals surface area contributed by atoms with E-state index in [2.05, 4.69) is 10.2 Å². The molecule has 0 aliphatic carbocycles. The minimum Gasteiger partial charge on any atom is -0.282 e. The lowest BCUT2D eigenvalue weighted by molar-refractivity contribution is -0.505. The standard InChI is InChI=1S/C17H19N3O4S/c1-10-14(20(21)22)9-25(23,24)17(10)16(13-7-5-4-6-8-13)15-11(2)18-19-12(15)3/h4-8,14,16H,9H2,1-3H3,(H,18,19). The number of rotatable bonds is 4. The first-order chi connectivity index (χ1) is 11.7. The molecule has 1 N–H and O–H groups in total. The van der Waals surface area contributed by atoms with E-state index in [1.165, 1.54) is 0 Å². The summed E-state index contributed by atoms with van der Waals surface area (Å²) >= 11 is 0. The van der Waals surface area contributed by atoms with Crippen molar-refractivity contribution in [2.24, 2.45) is 0 Å². The Morgan fingerprint density at radius 2 is 1.88 bits per heavy atom. The third kappa shape index (κ3) is 2.86. The molecule has 1 aliphatic rings. The molecule has 0 saturated carbocycles. The lowest BCUT2D eigenvalue weighted by Crippen LogP contribution is -2.23. The molecule has 3 rings (SSSR count). The lowest BCUT2D eigenvalue weighted by Gasteiger charge is -2.20. The topological polar surface area (TPSA) is 106 Å². The number of aryl methyl sites for hydroxylation is 2. The van der Waals surface area contributed by atoms with Gasteiger partial charge in [0.2, 0.25) is 6.04 Å². The third-order valence-corrected chi connectivity index (χ3v) is 6.71. The maximum atomic E-state index is 12.8. The van der Waals surface area contributed by atoms with E-state index < -0.39 is 32.5 Å². The van der Waals surface area contributed by atoms with Gasteiger partial charge in [-0.2, -0.15) is 5.10 Å². The van der Waals surface area contributed by atoms with Crippen LogP contribution in [0.2, 0.25) is 0 Å². The van der Waals surface area contributed by atoms with E-state index in [1.807, 2.05) is 37.3 Å². The van der Waals surface area contributed by atoms with Crippen LogP contribution in [0.25, 0.3) is 0 Å². The van der Waals surface area contributed by atoms with Gasteiger partial charge in [-0.25, -0.2) is 8.42 Å². The second-order valence-corrected chi connectivity index (χ2v) is 8.32. The highest BCUT2D eigenvalue weighted by atomic mass is 32.2. The van der Waals surface area contributed by atoms with E-state index in [1.54, 1.807) is 13.8 Å². The number of H-pyrrole nitrogens is 1. The Morgan fingerprint density at radius 1 is 1.24 bits per heavy atom. The van der Waals surface area contributed by atoms with Crippen molar-refractivity contribution in [2.75, 3.05) is 5.75 Å². The summed E-state index contributed by atoms with van der Waals surface area (Å²) in [5.41, 5.74) is 3.28. The number of nitrogens with one attached hydrogen (secondary N) is 1. The number of hydrogen-bond donors (Lipinski definition) is 1. The van der Waals surface area contributed by atoms with Gasteiger partial charge in [-0.05, 0) is 26.3 Å². The highest BCUT2D eigenvalue weighted by Gasteiger charge is 2.46. The Hall–Kier alpha value is -2.48. The van der Waals surface area contributed by atoms with Crippen LogP contribution in [0, 0.1) is 24.0 Å². The number of aromatic nitrogens is 2. The second kappa shape index (κ2) is 6.11. The molecule has 0 spiro atoms. The maximum absolute atomic E-state index is 12.8. The van der Waals surface area contributed by atoms with Gasteiger partial charge in [-0.1, -0.05) is 30.3 Å². The van der Waals surface area contributed by atoms with E-state index in [0.717, 1.165) is 16.8 Å². The van der Waals surface area contributed by atoms with Crippen molar-refractivity contribution in [3.05, 3.63) is 73.4 Å². The summed E-state index contributed by atoms with van der Waals surface area (Å²) in [6.07, 6.45) is 0. The molecule has 1 aromatic heterocycles. The van der Waals surface area contributed by atoms with Gasteiger partial charge in [0.05, 0.1) is 10.6 Å². The Labute approximate surface area is 145 Å². The second-order valence-electron chi connectivity index (χ2n) is 6.32. The van der Waals surface area contributed by atoms with Gasteiger partial charge in [-0.3, -0.25) is 15.2 Å². The van der Waals surface area contributed by atoms with Gasteiger partial charge in [0.25, 0.3) is 0 Å². The van der Waals surface area contributed by atoms with E-state index >= 15 is 0 Å². The Kier molecular flexibility index (Phi) is 4.24.